The summed E-state index contributed by atoms with van der Waals surface area (Å²) in [6, 6.07) is 0. The molecule has 1 aromatic rings. The van der Waals surface area contributed by atoms with E-state index in [1.54, 1.807) is 7.11 Å². The van der Waals surface area contributed by atoms with Gasteiger partial charge in [-0.25, -0.2) is 4.98 Å². The number of nitrogens with zero attached hydrogens (tertiary/aromatic N) is 2. The van der Waals surface area contributed by atoms with Gasteiger partial charge in [-0.2, -0.15) is 0 Å². The van der Waals surface area contributed by atoms with Gasteiger partial charge in [0.15, 0.2) is 0 Å². The molecule has 4 nitrogen and oxygen atoms in total. The summed E-state index contributed by atoms with van der Waals surface area (Å²) in [6.45, 7) is 12.3. The zero-order chi connectivity index (χ0) is 14.1. The Morgan fingerprint density at radius 1 is 1.26 bits per heavy atom. The molecule has 5 heteroatoms. The molecule has 1 N–H and O–H groups in total. The van der Waals surface area contributed by atoms with E-state index < -0.39 is 0 Å². The van der Waals surface area contributed by atoms with Gasteiger partial charge in [0.1, 0.15) is 5.01 Å². The lowest BCUT2D eigenvalue weighted by Gasteiger charge is -2.15. The number of hydrogen-bond acceptors (Lipinski definition) is 5. The Morgan fingerprint density at radius 3 is 2.58 bits per heavy atom. The Labute approximate surface area is 121 Å². The van der Waals surface area contributed by atoms with Crippen molar-refractivity contribution in [3.05, 3.63) is 15.6 Å². The van der Waals surface area contributed by atoms with Crippen LogP contribution in [0.5, 0.6) is 0 Å². The van der Waals surface area contributed by atoms with E-state index >= 15 is 0 Å². The molecule has 0 aromatic carbocycles. The SMILES string of the molecule is CCc1nc(CN(CC)CC)sc1CNCCOC. The van der Waals surface area contributed by atoms with Gasteiger partial charge in [-0.3, -0.25) is 4.90 Å². The van der Waals surface area contributed by atoms with Gasteiger partial charge in [0.2, 0.25) is 0 Å². The van der Waals surface area contributed by atoms with Crippen LogP contribution in [0.4, 0.5) is 0 Å². The Balaban J connectivity index is 2.57. The van der Waals surface area contributed by atoms with E-state index in [1.165, 1.54) is 15.6 Å². The summed E-state index contributed by atoms with van der Waals surface area (Å²) in [6.07, 6.45) is 1.01. The lowest BCUT2D eigenvalue weighted by atomic mass is 10.3. The van der Waals surface area contributed by atoms with Crippen LogP contribution in [0.1, 0.15) is 36.3 Å². The van der Waals surface area contributed by atoms with Crippen molar-refractivity contribution in [1.82, 2.24) is 15.2 Å². The van der Waals surface area contributed by atoms with Crippen molar-refractivity contribution in [3.8, 4) is 0 Å². The van der Waals surface area contributed by atoms with Gasteiger partial charge in [0.05, 0.1) is 18.8 Å². The molecule has 0 bridgehead atoms. The number of aryl methyl sites for hydroxylation is 1. The maximum Gasteiger partial charge on any atom is 0.107 e. The summed E-state index contributed by atoms with van der Waals surface area (Å²) >= 11 is 1.85. The lowest BCUT2D eigenvalue weighted by molar-refractivity contribution is 0.199. The molecule has 19 heavy (non-hydrogen) atoms. The molecule has 1 aromatic heterocycles. The molecule has 0 aliphatic heterocycles. The third-order valence-corrected chi connectivity index (χ3v) is 4.26. The minimum absolute atomic E-state index is 0.757. The maximum atomic E-state index is 5.04. The molecule has 1 rings (SSSR count). The average Bonchev–Trinajstić information content (AvgIpc) is 2.83. The second kappa shape index (κ2) is 9.42. The zero-order valence-corrected chi connectivity index (χ0v) is 13.5. The maximum absolute atomic E-state index is 5.04. The standard InChI is InChI=1S/C14H27N3OS/c1-5-12-13(10-15-8-9-18-4)19-14(16-12)11-17(6-2)7-3/h15H,5-11H2,1-4H3. The third kappa shape index (κ3) is 5.57. The van der Waals surface area contributed by atoms with E-state index in [2.05, 4.69) is 31.0 Å². The first-order chi connectivity index (χ1) is 9.24. The van der Waals surface area contributed by atoms with Crippen LogP contribution in [0, 0.1) is 0 Å². The molecule has 0 saturated carbocycles. The van der Waals surface area contributed by atoms with E-state index in [0.29, 0.717) is 0 Å². The average molecular weight is 285 g/mol. The molecule has 0 aliphatic carbocycles. The summed E-state index contributed by atoms with van der Waals surface area (Å²) in [7, 11) is 1.73. The van der Waals surface area contributed by atoms with Crippen LogP contribution in [-0.2, 0) is 24.2 Å². The molecule has 0 saturated heterocycles. The van der Waals surface area contributed by atoms with Gasteiger partial charge in [-0.15, -0.1) is 11.3 Å². The predicted molar refractivity (Wildman–Crippen MR) is 81.7 cm³/mol. The summed E-state index contributed by atoms with van der Waals surface area (Å²) in [5.74, 6) is 0. The number of nitrogens with one attached hydrogen (secondary N) is 1. The second-order valence-corrected chi connectivity index (χ2v) is 5.63. The second-order valence-electron chi connectivity index (χ2n) is 4.46. The number of thiazole rings is 1. The van der Waals surface area contributed by atoms with Crippen LogP contribution in [0.3, 0.4) is 0 Å². The minimum Gasteiger partial charge on any atom is -0.383 e. The van der Waals surface area contributed by atoms with Gasteiger partial charge in [-0.05, 0) is 19.5 Å². The van der Waals surface area contributed by atoms with Gasteiger partial charge in [0, 0.05) is 25.1 Å². The molecule has 0 unspecified atom stereocenters. The third-order valence-electron chi connectivity index (χ3n) is 3.18. The Bertz CT molecular complexity index is 350. The first kappa shape index (κ1) is 16.6. The predicted octanol–water partition coefficient (Wildman–Crippen LogP) is 2.28. The van der Waals surface area contributed by atoms with E-state index in [4.69, 9.17) is 9.72 Å². The first-order valence-electron chi connectivity index (χ1n) is 7.14. The molecule has 0 amide bonds. The smallest absolute Gasteiger partial charge is 0.107 e. The van der Waals surface area contributed by atoms with E-state index in [-0.39, 0.29) is 0 Å². The number of rotatable bonds is 10. The number of methoxy groups -OCH3 is 1. The number of ether oxygens (including phenoxy) is 1. The topological polar surface area (TPSA) is 37.4 Å². The van der Waals surface area contributed by atoms with Crippen molar-refractivity contribution in [2.45, 2.75) is 40.3 Å². The van der Waals surface area contributed by atoms with Crippen LogP contribution >= 0.6 is 11.3 Å². The Morgan fingerprint density at radius 2 is 2.00 bits per heavy atom. The summed E-state index contributed by atoms with van der Waals surface area (Å²) in [4.78, 5) is 8.55. The molecule has 0 spiro atoms. The minimum atomic E-state index is 0.757. The quantitative estimate of drug-likeness (QED) is 0.669. The van der Waals surface area contributed by atoms with Crippen molar-refractivity contribution < 1.29 is 4.74 Å². The van der Waals surface area contributed by atoms with Crippen LogP contribution in [0.25, 0.3) is 0 Å². The zero-order valence-electron chi connectivity index (χ0n) is 12.7. The highest BCUT2D eigenvalue weighted by Crippen LogP contribution is 2.20. The van der Waals surface area contributed by atoms with Crippen molar-refractivity contribution >= 4 is 11.3 Å². The van der Waals surface area contributed by atoms with Gasteiger partial charge < -0.3 is 10.1 Å². The molecule has 110 valence electrons. The molecule has 0 radical (unpaired) electrons. The van der Waals surface area contributed by atoms with Crippen molar-refractivity contribution in [2.75, 3.05) is 33.4 Å². The highest BCUT2D eigenvalue weighted by Gasteiger charge is 2.11. The molecule has 0 fully saturated rings. The van der Waals surface area contributed by atoms with Crippen molar-refractivity contribution in [2.24, 2.45) is 0 Å². The van der Waals surface area contributed by atoms with Gasteiger partial charge >= 0.3 is 0 Å². The van der Waals surface area contributed by atoms with Crippen LogP contribution in [-0.4, -0.2) is 43.2 Å². The van der Waals surface area contributed by atoms with Gasteiger partial charge in [0.25, 0.3) is 0 Å². The first-order valence-corrected chi connectivity index (χ1v) is 7.96. The molecule has 0 atom stereocenters. The molecule has 0 aliphatic rings. The van der Waals surface area contributed by atoms with Crippen LogP contribution < -0.4 is 5.32 Å². The van der Waals surface area contributed by atoms with Crippen LogP contribution in [0.2, 0.25) is 0 Å². The normalized spacial score (nSPS) is 11.4. The highest BCUT2D eigenvalue weighted by molar-refractivity contribution is 7.11. The van der Waals surface area contributed by atoms with E-state index in [1.807, 2.05) is 11.3 Å². The molecule has 1 heterocycles. The summed E-state index contributed by atoms with van der Waals surface area (Å²) < 4.78 is 5.04. The molecular weight excluding hydrogens is 258 g/mol. The van der Waals surface area contributed by atoms with E-state index in [9.17, 15) is 0 Å². The highest BCUT2D eigenvalue weighted by atomic mass is 32.1. The van der Waals surface area contributed by atoms with Crippen molar-refractivity contribution in [1.29, 1.82) is 0 Å². The lowest BCUT2D eigenvalue weighted by Crippen LogP contribution is -2.21. The Hall–Kier alpha value is -0.490. The fourth-order valence-electron chi connectivity index (χ4n) is 1.93. The van der Waals surface area contributed by atoms with E-state index in [0.717, 1.165) is 45.8 Å². The summed E-state index contributed by atoms with van der Waals surface area (Å²) in [5, 5.41) is 4.64. The summed E-state index contributed by atoms with van der Waals surface area (Å²) in [5.41, 5.74) is 1.25. The molecular formula is C14H27N3OS. The van der Waals surface area contributed by atoms with Crippen LogP contribution in [0.15, 0.2) is 0 Å². The Kier molecular flexibility index (Phi) is 8.21. The largest absolute Gasteiger partial charge is 0.383 e. The van der Waals surface area contributed by atoms with Gasteiger partial charge in [-0.1, -0.05) is 20.8 Å². The number of aromatic nitrogens is 1. The number of hydrogen-bond donors (Lipinski definition) is 1. The van der Waals surface area contributed by atoms with Crippen molar-refractivity contribution in [3.63, 3.8) is 0 Å². The fraction of sp³-hybridized carbons (Fsp3) is 0.786. The fourth-order valence-corrected chi connectivity index (χ4v) is 3.10. The monoisotopic (exact) mass is 285 g/mol.